The van der Waals surface area contributed by atoms with Crippen LogP contribution in [0.3, 0.4) is 0 Å². The average Bonchev–Trinajstić information content (AvgIpc) is 2.81. The van der Waals surface area contributed by atoms with Crippen LogP contribution >= 0.6 is 0 Å². The van der Waals surface area contributed by atoms with Crippen LogP contribution in [0.25, 0.3) is 17.0 Å². The number of nitrogens with zero attached hydrogens (tertiary/aromatic N) is 3. The second-order valence-electron chi connectivity index (χ2n) is 4.05. The molecule has 0 amide bonds. The molecule has 0 fully saturated rings. The van der Waals surface area contributed by atoms with Gasteiger partial charge in [-0.1, -0.05) is 18.2 Å². The van der Waals surface area contributed by atoms with Gasteiger partial charge in [0, 0.05) is 5.56 Å². The van der Waals surface area contributed by atoms with Crippen molar-refractivity contribution < 1.29 is 9.90 Å². The third-order valence-electron chi connectivity index (χ3n) is 2.75. The third-order valence-corrected chi connectivity index (χ3v) is 2.75. The van der Waals surface area contributed by atoms with Gasteiger partial charge in [0.15, 0.2) is 11.5 Å². The number of nitrogen functional groups attached to an aromatic ring is 1. The fraction of sp³-hybridized carbons (Fsp3) is 0. The Labute approximate surface area is 108 Å². The number of anilines is 1. The molecule has 94 valence electrons. The Morgan fingerprint density at radius 3 is 2.79 bits per heavy atom. The van der Waals surface area contributed by atoms with E-state index in [-0.39, 0.29) is 5.56 Å². The SMILES string of the molecule is Nc1ccc2nc(-c3ccccc3C(=O)O)nn2c1. The van der Waals surface area contributed by atoms with Gasteiger partial charge in [-0.2, -0.15) is 0 Å². The van der Waals surface area contributed by atoms with E-state index in [1.807, 2.05) is 0 Å². The van der Waals surface area contributed by atoms with Gasteiger partial charge < -0.3 is 10.8 Å². The van der Waals surface area contributed by atoms with Crippen molar-refractivity contribution in [1.29, 1.82) is 0 Å². The zero-order chi connectivity index (χ0) is 13.4. The normalized spacial score (nSPS) is 10.7. The summed E-state index contributed by atoms with van der Waals surface area (Å²) in [6.45, 7) is 0. The molecule has 0 saturated heterocycles. The number of nitrogens with two attached hydrogens (primary N) is 1. The highest BCUT2D eigenvalue weighted by Crippen LogP contribution is 2.21. The van der Waals surface area contributed by atoms with E-state index in [0.29, 0.717) is 22.7 Å². The molecule has 0 aliphatic carbocycles. The number of pyridine rings is 1. The van der Waals surface area contributed by atoms with Gasteiger partial charge in [-0.3, -0.25) is 0 Å². The van der Waals surface area contributed by atoms with Gasteiger partial charge in [-0.25, -0.2) is 14.3 Å². The number of carboxylic acids is 1. The van der Waals surface area contributed by atoms with E-state index in [1.54, 1.807) is 36.5 Å². The summed E-state index contributed by atoms with van der Waals surface area (Å²) in [6, 6.07) is 10.1. The summed E-state index contributed by atoms with van der Waals surface area (Å²) < 4.78 is 1.53. The number of carbonyl (C=O) groups is 1. The fourth-order valence-corrected chi connectivity index (χ4v) is 1.88. The fourth-order valence-electron chi connectivity index (χ4n) is 1.88. The number of rotatable bonds is 2. The van der Waals surface area contributed by atoms with E-state index < -0.39 is 5.97 Å². The average molecular weight is 254 g/mol. The molecule has 3 aromatic rings. The standard InChI is InChI=1S/C13H10N4O2/c14-8-5-6-11-15-12(16-17(11)7-8)9-3-1-2-4-10(9)13(18)19/h1-7H,14H2,(H,18,19). The summed E-state index contributed by atoms with van der Waals surface area (Å²) in [4.78, 5) is 15.5. The Morgan fingerprint density at radius 1 is 1.21 bits per heavy atom. The van der Waals surface area contributed by atoms with Crippen LogP contribution in [0.4, 0.5) is 5.69 Å². The highest BCUT2D eigenvalue weighted by Gasteiger charge is 2.14. The smallest absolute Gasteiger partial charge is 0.336 e. The van der Waals surface area contributed by atoms with E-state index in [9.17, 15) is 4.79 Å². The molecular formula is C13H10N4O2. The molecule has 0 saturated carbocycles. The van der Waals surface area contributed by atoms with Gasteiger partial charge in [0.25, 0.3) is 0 Å². The van der Waals surface area contributed by atoms with Gasteiger partial charge in [0.05, 0.1) is 17.4 Å². The van der Waals surface area contributed by atoms with Crippen LogP contribution in [0, 0.1) is 0 Å². The number of fused-ring (bicyclic) bond motifs is 1. The number of aromatic nitrogens is 3. The van der Waals surface area contributed by atoms with Gasteiger partial charge in [-0.15, -0.1) is 5.10 Å². The lowest BCUT2D eigenvalue weighted by Crippen LogP contribution is -2.00. The first kappa shape index (κ1) is 11.2. The molecule has 0 unspecified atom stereocenters. The quantitative estimate of drug-likeness (QED) is 0.725. The molecule has 19 heavy (non-hydrogen) atoms. The molecule has 0 aliphatic rings. The Balaban J connectivity index is 2.22. The van der Waals surface area contributed by atoms with E-state index in [1.165, 1.54) is 10.6 Å². The van der Waals surface area contributed by atoms with Crippen molar-refractivity contribution in [2.75, 3.05) is 5.73 Å². The van der Waals surface area contributed by atoms with Crippen LogP contribution in [0.1, 0.15) is 10.4 Å². The highest BCUT2D eigenvalue weighted by atomic mass is 16.4. The zero-order valence-electron chi connectivity index (χ0n) is 9.82. The molecule has 0 aliphatic heterocycles. The molecule has 1 aromatic carbocycles. The predicted molar refractivity (Wildman–Crippen MR) is 69.8 cm³/mol. The molecule has 2 heterocycles. The van der Waals surface area contributed by atoms with E-state index >= 15 is 0 Å². The van der Waals surface area contributed by atoms with E-state index in [4.69, 9.17) is 10.8 Å². The minimum atomic E-state index is -1.01. The molecule has 6 heteroatoms. The number of hydrogen-bond donors (Lipinski definition) is 2. The summed E-state index contributed by atoms with van der Waals surface area (Å²) in [5.74, 6) is -0.641. The summed E-state index contributed by atoms with van der Waals surface area (Å²) in [6.07, 6.45) is 1.63. The number of benzene rings is 1. The Kier molecular flexibility index (Phi) is 2.42. The zero-order valence-corrected chi connectivity index (χ0v) is 9.82. The molecular weight excluding hydrogens is 244 g/mol. The van der Waals surface area contributed by atoms with Crippen molar-refractivity contribution in [3.63, 3.8) is 0 Å². The maximum Gasteiger partial charge on any atom is 0.336 e. The Hall–Kier alpha value is -2.89. The summed E-state index contributed by atoms with van der Waals surface area (Å²) in [5.41, 5.74) is 7.50. The van der Waals surface area contributed by atoms with Gasteiger partial charge in [0.1, 0.15) is 0 Å². The Bertz CT molecular complexity index is 779. The topological polar surface area (TPSA) is 93.5 Å². The highest BCUT2D eigenvalue weighted by molar-refractivity contribution is 5.95. The minimum absolute atomic E-state index is 0.173. The maximum absolute atomic E-state index is 11.2. The molecule has 3 N–H and O–H groups in total. The van der Waals surface area contributed by atoms with E-state index in [0.717, 1.165) is 0 Å². The lowest BCUT2D eigenvalue weighted by Gasteiger charge is -2.00. The second kappa shape index (κ2) is 4.09. The van der Waals surface area contributed by atoms with Gasteiger partial charge in [0.2, 0.25) is 0 Å². The second-order valence-corrected chi connectivity index (χ2v) is 4.05. The summed E-state index contributed by atoms with van der Waals surface area (Å²) >= 11 is 0. The number of aromatic carboxylic acids is 1. The maximum atomic E-state index is 11.2. The van der Waals surface area contributed by atoms with Crippen molar-refractivity contribution in [3.8, 4) is 11.4 Å². The number of hydrogen-bond acceptors (Lipinski definition) is 4. The molecule has 0 atom stereocenters. The first-order chi connectivity index (χ1) is 9.15. The first-order valence-electron chi connectivity index (χ1n) is 5.60. The molecule has 0 radical (unpaired) electrons. The summed E-state index contributed by atoms with van der Waals surface area (Å²) in [5, 5.41) is 13.4. The largest absolute Gasteiger partial charge is 0.478 e. The van der Waals surface area contributed by atoms with Crippen LogP contribution < -0.4 is 5.73 Å². The first-order valence-corrected chi connectivity index (χ1v) is 5.60. The third kappa shape index (κ3) is 1.89. The lowest BCUT2D eigenvalue weighted by molar-refractivity contribution is 0.0697. The van der Waals surface area contributed by atoms with Crippen molar-refractivity contribution in [2.24, 2.45) is 0 Å². The van der Waals surface area contributed by atoms with E-state index in [2.05, 4.69) is 10.1 Å². The van der Waals surface area contributed by atoms with Crippen LogP contribution in [-0.4, -0.2) is 25.7 Å². The molecule has 0 bridgehead atoms. The van der Waals surface area contributed by atoms with Crippen LogP contribution in [0.15, 0.2) is 42.6 Å². The van der Waals surface area contributed by atoms with Gasteiger partial charge >= 0.3 is 5.97 Å². The van der Waals surface area contributed by atoms with Crippen molar-refractivity contribution in [3.05, 3.63) is 48.2 Å². The number of carboxylic acid groups (broad SMARTS) is 1. The predicted octanol–water partition coefficient (Wildman–Crippen LogP) is 1.68. The molecule has 0 spiro atoms. The van der Waals surface area contributed by atoms with Crippen molar-refractivity contribution in [1.82, 2.24) is 14.6 Å². The van der Waals surface area contributed by atoms with Crippen molar-refractivity contribution >= 4 is 17.3 Å². The van der Waals surface area contributed by atoms with Gasteiger partial charge in [-0.05, 0) is 18.2 Å². The lowest BCUT2D eigenvalue weighted by atomic mass is 10.1. The monoisotopic (exact) mass is 254 g/mol. The van der Waals surface area contributed by atoms with Crippen molar-refractivity contribution in [2.45, 2.75) is 0 Å². The molecule has 3 rings (SSSR count). The van der Waals surface area contributed by atoms with Crippen LogP contribution in [0.2, 0.25) is 0 Å². The van der Waals surface area contributed by atoms with Crippen LogP contribution in [0.5, 0.6) is 0 Å². The van der Waals surface area contributed by atoms with Crippen LogP contribution in [-0.2, 0) is 0 Å². The minimum Gasteiger partial charge on any atom is -0.478 e. The Morgan fingerprint density at radius 2 is 2.00 bits per heavy atom. The molecule has 2 aromatic heterocycles. The summed E-state index contributed by atoms with van der Waals surface area (Å²) in [7, 11) is 0. The molecule has 6 nitrogen and oxygen atoms in total.